The Labute approximate surface area is 133 Å². The molecule has 0 aliphatic rings. The van der Waals surface area contributed by atoms with E-state index in [-0.39, 0.29) is 17.2 Å². The van der Waals surface area contributed by atoms with Crippen LogP contribution in [0.5, 0.6) is 0 Å². The van der Waals surface area contributed by atoms with Gasteiger partial charge in [-0.3, -0.25) is 14.9 Å². The number of amides is 1. The predicted octanol–water partition coefficient (Wildman–Crippen LogP) is 3.83. The van der Waals surface area contributed by atoms with E-state index in [9.17, 15) is 14.9 Å². The summed E-state index contributed by atoms with van der Waals surface area (Å²) in [6.45, 7) is 4.36. The molecule has 1 aromatic carbocycles. The van der Waals surface area contributed by atoms with Gasteiger partial charge in [0.1, 0.15) is 5.56 Å². The number of aryl methyl sites for hydroxylation is 1. The van der Waals surface area contributed by atoms with Crippen molar-refractivity contribution in [1.29, 1.82) is 0 Å². The average molecular weight is 357 g/mol. The van der Waals surface area contributed by atoms with E-state index in [0.29, 0.717) is 18.0 Å². The Kier molecular flexibility index (Phi) is 7.36. The number of nitrogens with zero attached hydrogens (tertiary/aromatic N) is 1. The third-order valence-corrected chi connectivity index (χ3v) is 3.90. The van der Waals surface area contributed by atoms with Crippen LogP contribution in [0.2, 0.25) is 0 Å². The van der Waals surface area contributed by atoms with E-state index >= 15 is 0 Å². The molecule has 0 saturated carbocycles. The molecule has 5 nitrogen and oxygen atoms in total. The quantitative estimate of drug-likeness (QED) is 0.437. The number of rotatable bonds is 8. The number of hydrogen-bond donors (Lipinski definition) is 1. The van der Waals surface area contributed by atoms with Crippen molar-refractivity contribution in [1.82, 2.24) is 5.32 Å². The summed E-state index contributed by atoms with van der Waals surface area (Å²) >= 11 is 3.41. The van der Waals surface area contributed by atoms with Crippen molar-refractivity contribution in [2.45, 2.75) is 33.1 Å². The first-order valence-electron chi connectivity index (χ1n) is 7.09. The molecule has 0 fully saturated rings. The van der Waals surface area contributed by atoms with Crippen LogP contribution in [0.4, 0.5) is 5.69 Å². The van der Waals surface area contributed by atoms with Gasteiger partial charge < -0.3 is 5.32 Å². The maximum Gasteiger partial charge on any atom is 0.282 e. The maximum absolute atomic E-state index is 12.3. The highest BCUT2D eigenvalue weighted by Gasteiger charge is 2.22. The fourth-order valence-electron chi connectivity index (χ4n) is 2.34. The molecule has 1 aromatic rings. The molecule has 1 amide bonds. The van der Waals surface area contributed by atoms with Crippen molar-refractivity contribution < 1.29 is 9.72 Å². The van der Waals surface area contributed by atoms with Crippen molar-refractivity contribution in [2.24, 2.45) is 5.92 Å². The minimum atomic E-state index is -0.510. The van der Waals surface area contributed by atoms with Crippen LogP contribution in [-0.4, -0.2) is 22.7 Å². The van der Waals surface area contributed by atoms with E-state index in [1.165, 1.54) is 6.07 Å². The topological polar surface area (TPSA) is 72.2 Å². The predicted molar refractivity (Wildman–Crippen MR) is 87.0 cm³/mol. The summed E-state index contributed by atoms with van der Waals surface area (Å²) in [4.78, 5) is 22.8. The lowest BCUT2D eigenvalue weighted by Crippen LogP contribution is -2.30. The van der Waals surface area contributed by atoms with Crippen LogP contribution in [0, 0.1) is 23.0 Å². The molecule has 1 atom stereocenters. The molecular formula is C15H21BrN2O3. The van der Waals surface area contributed by atoms with E-state index in [0.717, 1.165) is 24.6 Å². The summed E-state index contributed by atoms with van der Waals surface area (Å²) in [7, 11) is 0. The molecule has 0 heterocycles. The smallest absolute Gasteiger partial charge is 0.282 e. The van der Waals surface area contributed by atoms with E-state index in [1.807, 2.05) is 0 Å². The van der Waals surface area contributed by atoms with Gasteiger partial charge in [0.2, 0.25) is 0 Å². The van der Waals surface area contributed by atoms with Crippen molar-refractivity contribution in [3.8, 4) is 0 Å². The van der Waals surface area contributed by atoms with Gasteiger partial charge in [0.15, 0.2) is 0 Å². The number of nitro benzene ring substituents is 1. The van der Waals surface area contributed by atoms with Gasteiger partial charge in [0.25, 0.3) is 11.6 Å². The van der Waals surface area contributed by atoms with Crippen molar-refractivity contribution in [3.05, 3.63) is 39.4 Å². The molecule has 0 aliphatic heterocycles. The van der Waals surface area contributed by atoms with Crippen LogP contribution in [-0.2, 0) is 0 Å². The minimum absolute atomic E-state index is 0.139. The second-order valence-electron chi connectivity index (χ2n) is 5.07. The van der Waals surface area contributed by atoms with Crippen molar-refractivity contribution in [2.75, 3.05) is 11.9 Å². The van der Waals surface area contributed by atoms with Crippen LogP contribution in [0.1, 0.15) is 42.1 Å². The first-order valence-corrected chi connectivity index (χ1v) is 8.21. The van der Waals surface area contributed by atoms with Crippen LogP contribution in [0.15, 0.2) is 18.2 Å². The molecule has 21 heavy (non-hydrogen) atoms. The number of nitro groups is 1. The number of carbonyl (C=O) groups excluding carboxylic acids is 1. The fraction of sp³-hybridized carbons (Fsp3) is 0.533. The summed E-state index contributed by atoms with van der Waals surface area (Å²) < 4.78 is 0. The molecule has 6 heteroatoms. The van der Waals surface area contributed by atoms with Gasteiger partial charge in [0.05, 0.1) is 4.92 Å². The maximum atomic E-state index is 12.3. The standard InChI is InChI=1S/C15H21BrN2O3/c1-3-5-12(8-9-16)10-17-15(19)14-11(2)6-4-7-13(14)18(20)21/h4,6-7,12H,3,5,8-10H2,1-2H3,(H,17,19). The second-order valence-corrected chi connectivity index (χ2v) is 5.86. The Hall–Kier alpha value is -1.43. The Morgan fingerprint density at radius 2 is 2.14 bits per heavy atom. The number of halogens is 1. The number of hydrogen-bond acceptors (Lipinski definition) is 3. The average Bonchev–Trinajstić information content (AvgIpc) is 2.44. The molecule has 0 aliphatic carbocycles. The molecule has 1 rings (SSSR count). The third kappa shape index (κ3) is 5.12. The van der Waals surface area contributed by atoms with Crippen LogP contribution in [0.25, 0.3) is 0 Å². The molecule has 0 bridgehead atoms. The van der Waals surface area contributed by atoms with Gasteiger partial charge in [0, 0.05) is 17.9 Å². The van der Waals surface area contributed by atoms with Crippen LogP contribution >= 0.6 is 15.9 Å². The van der Waals surface area contributed by atoms with Crippen LogP contribution < -0.4 is 5.32 Å². The third-order valence-electron chi connectivity index (χ3n) is 3.44. The SMILES string of the molecule is CCCC(CCBr)CNC(=O)c1c(C)cccc1[N+](=O)[O-]. The van der Waals surface area contributed by atoms with Crippen molar-refractivity contribution >= 4 is 27.5 Å². The number of alkyl halides is 1. The molecule has 1 N–H and O–H groups in total. The lowest BCUT2D eigenvalue weighted by Gasteiger charge is -2.16. The lowest BCUT2D eigenvalue weighted by atomic mass is 10.00. The highest BCUT2D eigenvalue weighted by molar-refractivity contribution is 9.09. The summed E-state index contributed by atoms with van der Waals surface area (Å²) in [5.41, 5.74) is 0.644. The zero-order valence-corrected chi connectivity index (χ0v) is 14.0. The van der Waals surface area contributed by atoms with E-state index in [2.05, 4.69) is 28.2 Å². The fourth-order valence-corrected chi connectivity index (χ4v) is 2.98. The minimum Gasteiger partial charge on any atom is -0.352 e. The highest BCUT2D eigenvalue weighted by Crippen LogP contribution is 2.22. The monoisotopic (exact) mass is 356 g/mol. The van der Waals surface area contributed by atoms with Gasteiger partial charge in [-0.2, -0.15) is 0 Å². The molecule has 0 saturated heterocycles. The summed E-state index contributed by atoms with van der Waals surface area (Å²) in [5, 5.41) is 14.8. The van der Waals surface area contributed by atoms with Gasteiger partial charge in [-0.15, -0.1) is 0 Å². The van der Waals surface area contributed by atoms with Gasteiger partial charge in [-0.25, -0.2) is 0 Å². The number of benzene rings is 1. The van der Waals surface area contributed by atoms with Gasteiger partial charge in [-0.05, 0) is 31.2 Å². The van der Waals surface area contributed by atoms with E-state index < -0.39 is 4.92 Å². The zero-order chi connectivity index (χ0) is 15.8. The molecule has 1 unspecified atom stereocenters. The summed E-state index contributed by atoms with van der Waals surface area (Å²) in [6, 6.07) is 4.67. The first-order chi connectivity index (χ1) is 10.0. The van der Waals surface area contributed by atoms with Gasteiger partial charge in [-0.1, -0.05) is 41.4 Å². The van der Waals surface area contributed by atoms with Crippen molar-refractivity contribution in [3.63, 3.8) is 0 Å². The summed E-state index contributed by atoms with van der Waals surface area (Å²) in [6.07, 6.45) is 3.06. The Morgan fingerprint density at radius 3 is 2.71 bits per heavy atom. The summed E-state index contributed by atoms with van der Waals surface area (Å²) in [5.74, 6) is 0.0249. The molecule has 0 aromatic heterocycles. The Balaban J connectivity index is 2.82. The first kappa shape index (κ1) is 17.6. The zero-order valence-electron chi connectivity index (χ0n) is 12.4. The molecule has 116 valence electrons. The largest absolute Gasteiger partial charge is 0.352 e. The highest BCUT2D eigenvalue weighted by atomic mass is 79.9. The molecule has 0 radical (unpaired) electrons. The lowest BCUT2D eigenvalue weighted by molar-refractivity contribution is -0.385. The van der Waals surface area contributed by atoms with Crippen LogP contribution in [0.3, 0.4) is 0 Å². The second kappa shape index (κ2) is 8.77. The van der Waals surface area contributed by atoms with Gasteiger partial charge >= 0.3 is 0 Å². The van der Waals surface area contributed by atoms with E-state index in [1.54, 1.807) is 19.1 Å². The number of carbonyl (C=O) groups is 1. The molecular weight excluding hydrogens is 336 g/mol. The van der Waals surface area contributed by atoms with E-state index in [4.69, 9.17) is 0 Å². The normalized spacial score (nSPS) is 12.0. The Morgan fingerprint density at radius 1 is 1.43 bits per heavy atom. The molecule has 0 spiro atoms. The Bertz CT molecular complexity index is 500. The number of nitrogens with one attached hydrogen (secondary N) is 1.